The molecule has 0 fully saturated rings. The van der Waals surface area contributed by atoms with Crippen molar-refractivity contribution in [2.24, 2.45) is 5.18 Å². The zero-order chi connectivity index (χ0) is 6.41. The minimum Gasteiger partial charge on any atom is -0.151 e. The Hall–Kier alpha value is -0.0800. The van der Waals surface area contributed by atoms with Gasteiger partial charge in [-0.25, -0.2) is 0 Å². The molecule has 0 aromatic rings. The number of hydrogen-bond donors (Lipinski definition) is 0. The maximum Gasteiger partial charge on any atom is 0.0860 e. The van der Waals surface area contributed by atoms with Gasteiger partial charge < -0.3 is 0 Å². The highest BCUT2D eigenvalue weighted by atomic mass is 35.5. The highest BCUT2D eigenvalue weighted by molar-refractivity contribution is 6.36. The molecule has 0 spiro atoms. The van der Waals surface area contributed by atoms with Gasteiger partial charge >= 0.3 is 0 Å². The van der Waals surface area contributed by atoms with Crippen molar-refractivity contribution in [3.63, 3.8) is 0 Å². The van der Waals surface area contributed by atoms with Gasteiger partial charge in [0.05, 0.1) is 6.54 Å². The maximum atomic E-state index is 9.45. The first kappa shape index (κ1) is 7.92. The van der Waals surface area contributed by atoms with Crippen LogP contribution in [0.1, 0.15) is 6.42 Å². The van der Waals surface area contributed by atoms with E-state index in [1.807, 2.05) is 0 Å². The van der Waals surface area contributed by atoms with E-state index in [1.165, 1.54) is 5.54 Å². The average molecular weight is 154 g/mol. The average Bonchev–Trinajstić information content (AvgIpc) is 1.83. The molecule has 0 aliphatic carbocycles. The summed E-state index contributed by atoms with van der Waals surface area (Å²) in [6.45, 7) is 0.196. The summed E-state index contributed by atoms with van der Waals surface area (Å²) >= 11 is 10.5. The van der Waals surface area contributed by atoms with Gasteiger partial charge in [-0.2, -0.15) is 4.91 Å². The maximum absolute atomic E-state index is 9.45. The van der Waals surface area contributed by atoms with Crippen LogP contribution >= 0.6 is 23.2 Å². The van der Waals surface area contributed by atoms with Crippen molar-refractivity contribution in [2.45, 2.75) is 6.42 Å². The van der Waals surface area contributed by atoms with Crippen LogP contribution in [-0.2, 0) is 0 Å². The normalized spacial score (nSPS) is 11.5. The van der Waals surface area contributed by atoms with E-state index < -0.39 is 0 Å². The summed E-state index contributed by atoms with van der Waals surface area (Å²) in [5, 5.41) is 3.05. The molecule has 0 aliphatic heterocycles. The van der Waals surface area contributed by atoms with Crippen LogP contribution in [0.4, 0.5) is 0 Å². The van der Waals surface area contributed by atoms with E-state index >= 15 is 0 Å². The van der Waals surface area contributed by atoms with Gasteiger partial charge in [-0.15, -0.1) is 0 Å². The molecule has 2 nitrogen and oxygen atoms in total. The van der Waals surface area contributed by atoms with E-state index in [9.17, 15) is 4.91 Å². The van der Waals surface area contributed by atoms with Gasteiger partial charge in [0.25, 0.3) is 0 Å². The standard InChI is InChI=1S/C4H5Cl2NO/c5-3-4(6)1-2-7-8/h3H,1-2H2. The molecule has 0 aromatic carbocycles. The Labute approximate surface area is 57.4 Å². The second-order valence-corrected chi connectivity index (χ2v) is 1.86. The zero-order valence-corrected chi connectivity index (χ0v) is 5.61. The molecule has 46 valence electrons. The highest BCUT2D eigenvalue weighted by Gasteiger charge is 1.88. The fourth-order valence-electron chi connectivity index (χ4n) is 0.207. The number of hydrogen-bond acceptors (Lipinski definition) is 2. The molecule has 0 bridgehead atoms. The molecule has 0 radical (unpaired) electrons. The molecule has 4 heteroatoms. The van der Waals surface area contributed by atoms with Gasteiger partial charge in [-0.3, -0.25) is 0 Å². The Morgan fingerprint density at radius 3 is 2.75 bits per heavy atom. The largest absolute Gasteiger partial charge is 0.151 e. The molecule has 0 rings (SSSR count). The molecular weight excluding hydrogens is 149 g/mol. The Morgan fingerprint density at radius 1 is 1.75 bits per heavy atom. The van der Waals surface area contributed by atoms with Crippen LogP contribution in [0.2, 0.25) is 0 Å². The number of rotatable bonds is 3. The monoisotopic (exact) mass is 153 g/mol. The van der Waals surface area contributed by atoms with E-state index in [-0.39, 0.29) is 6.54 Å². The van der Waals surface area contributed by atoms with E-state index in [0.717, 1.165) is 0 Å². The minimum absolute atomic E-state index is 0.196. The van der Waals surface area contributed by atoms with Crippen molar-refractivity contribution in [1.29, 1.82) is 0 Å². The first-order valence-corrected chi connectivity index (χ1v) is 2.86. The molecule has 0 saturated heterocycles. The molecular formula is C4H5Cl2NO. The summed E-state index contributed by atoms with van der Waals surface area (Å²) < 4.78 is 0. The van der Waals surface area contributed by atoms with Gasteiger partial charge in [0.15, 0.2) is 0 Å². The topological polar surface area (TPSA) is 29.4 Å². The molecule has 0 saturated carbocycles. The van der Waals surface area contributed by atoms with Crippen molar-refractivity contribution in [1.82, 2.24) is 0 Å². The summed E-state index contributed by atoms with van der Waals surface area (Å²) in [6.07, 6.45) is 0.439. The molecule has 0 atom stereocenters. The van der Waals surface area contributed by atoms with Gasteiger partial charge in [0.1, 0.15) is 0 Å². The lowest BCUT2D eigenvalue weighted by atomic mass is 10.4. The molecule has 0 aliphatic rings. The summed E-state index contributed by atoms with van der Waals surface area (Å²) in [5.41, 5.74) is 1.23. The number of nitroso groups, excluding NO2 is 1. The molecule has 0 unspecified atom stereocenters. The quantitative estimate of drug-likeness (QED) is 0.574. The number of halogens is 2. The van der Waals surface area contributed by atoms with Crippen molar-refractivity contribution in [3.05, 3.63) is 15.5 Å². The third-order valence-corrected chi connectivity index (χ3v) is 1.23. The van der Waals surface area contributed by atoms with Crippen LogP contribution in [-0.4, -0.2) is 6.54 Å². The third-order valence-electron chi connectivity index (χ3n) is 0.560. The fraction of sp³-hybridized carbons (Fsp3) is 0.500. The predicted octanol–water partition coefficient (Wildman–Crippen LogP) is 2.46. The Kier molecular flexibility index (Phi) is 5.01. The molecule has 0 amide bonds. The molecule has 8 heavy (non-hydrogen) atoms. The van der Waals surface area contributed by atoms with Gasteiger partial charge in [-0.05, 0) is 0 Å². The predicted molar refractivity (Wildman–Crippen MR) is 35.1 cm³/mol. The zero-order valence-electron chi connectivity index (χ0n) is 4.10. The lowest BCUT2D eigenvalue weighted by Crippen LogP contribution is -1.76. The van der Waals surface area contributed by atoms with E-state index in [2.05, 4.69) is 5.18 Å². The van der Waals surface area contributed by atoms with Gasteiger partial charge in [0.2, 0.25) is 0 Å². The Bertz CT molecular complexity index is 102. The van der Waals surface area contributed by atoms with E-state index in [0.29, 0.717) is 11.5 Å². The fourth-order valence-corrected chi connectivity index (χ4v) is 0.401. The molecule has 0 aromatic heterocycles. The van der Waals surface area contributed by atoms with Crippen LogP contribution in [0.15, 0.2) is 15.7 Å². The van der Waals surface area contributed by atoms with Crippen LogP contribution in [0.5, 0.6) is 0 Å². The SMILES string of the molecule is O=NCCC(Cl)=CCl. The van der Waals surface area contributed by atoms with Crippen LogP contribution < -0.4 is 0 Å². The van der Waals surface area contributed by atoms with Crippen molar-refractivity contribution < 1.29 is 0 Å². The smallest absolute Gasteiger partial charge is 0.0860 e. The third kappa shape index (κ3) is 4.09. The minimum atomic E-state index is 0.196. The van der Waals surface area contributed by atoms with Crippen LogP contribution in [0, 0.1) is 4.91 Å². The number of nitrogens with zero attached hydrogens (tertiary/aromatic N) is 1. The lowest BCUT2D eigenvalue weighted by molar-refractivity contribution is 0.985. The summed E-state index contributed by atoms with van der Waals surface area (Å²) in [4.78, 5) is 9.45. The Balaban J connectivity index is 3.24. The van der Waals surface area contributed by atoms with E-state index in [4.69, 9.17) is 23.2 Å². The molecule has 0 N–H and O–H groups in total. The second kappa shape index (κ2) is 5.06. The van der Waals surface area contributed by atoms with Crippen LogP contribution in [0.3, 0.4) is 0 Å². The van der Waals surface area contributed by atoms with Gasteiger partial charge in [0, 0.05) is 17.0 Å². The van der Waals surface area contributed by atoms with Crippen molar-refractivity contribution >= 4 is 23.2 Å². The first-order valence-electron chi connectivity index (χ1n) is 2.05. The highest BCUT2D eigenvalue weighted by Crippen LogP contribution is 2.07. The summed E-state index contributed by atoms with van der Waals surface area (Å²) in [6, 6.07) is 0. The molecule has 0 heterocycles. The summed E-state index contributed by atoms with van der Waals surface area (Å²) in [7, 11) is 0. The van der Waals surface area contributed by atoms with Crippen molar-refractivity contribution in [3.8, 4) is 0 Å². The first-order chi connectivity index (χ1) is 3.81. The van der Waals surface area contributed by atoms with Gasteiger partial charge in [-0.1, -0.05) is 28.4 Å². The van der Waals surface area contributed by atoms with Crippen LogP contribution in [0.25, 0.3) is 0 Å². The van der Waals surface area contributed by atoms with Crippen molar-refractivity contribution in [2.75, 3.05) is 6.54 Å². The second-order valence-electron chi connectivity index (χ2n) is 1.16. The Morgan fingerprint density at radius 2 is 2.38 bits per heavy atom. The lowest BCUT2D eigenvalue weighted by Gasteiger charge is -1.85. The van der Waals surface area contributed by atoms with E-state index in [1.54, 1.807) is 0 Å². The summed E-state index contributed by atoms with van der Waals surface area (Å²) in [5.74, 6) is 0.